The van der Waals surface area contributed by atoms with Gasteiger partial charge in [0.2, 0.25) is 0 Å². The van der Waals surface area contributed by atoms with E-state index in [1.807, 2.05) is 46.8 Å². The van der Waals surface area contributed by atoms with Gasteiger partial charge in [0.05, 0.1) is 33.6 Å². The van der Waals surface area contributed by atoms with Crippen LogP contribution in [-0.2, 0) is 4.74 Å². The molecular formula is C25H19Cl2N3O2S. The van der Waals surface area contributed by atoms with Crippen molar-refractivity contribution >= 4 is 63.2 Å². The van der Waals surface area contributed by atoms with Gasteiger partial charge >= 0.3 is 0 Å². The summed E-state index contributed by atoms with van der Waals surface area (Å²) in [5.74, 6) is 0.581. The van der Waals surface area contributed by atoms with Crippen molar-refractivity contribution in [2.45, 2.75) is 0 Å². The molecule has 166 valence electrons. The van der Waals surface area contributed by atoms with Crippen molar-refractivity contribution in [3.8, 4) is 11.3 Å². The van der Waals surface area contributed by atoms with Gasteiger partial charge in [-0.05, 0) is 59.8 Å². The smallest absolute Gasteiger partial charge is 0.257 e. The second-order valence-electron chi connectivity index (χ2n) is 7.44. The zero-order chi connectivity index (χ0) is 22.8. The summed E-state index contributed by atoms with van der Waals surface area (Å²) in [7, 11) is 0. The molecule has 5 rings (SSSR count). The van der Waals surface area contributed by atoms with Crippen molar-refractivity contribution in [1.29, 1.82) is 0 Å². The molecule has 3 aromatic carbocycles. The molecule has 4 aromatic rings. The number of nitrogens with zero attached hydrogens (tertiary/aromatic N) is 2. The van der Waals surface area contributed by atoms with Crippen LogP contribution in [-0.4, -0.2) is 30.0 Å². The summed E-state index contributed by atoms with van der Waals surface area (Å²) in [6.07, 6.45) is 1.76. The normalized spacial score (nSPS) is 13.8. The minimum Gasteiger partial charge on any atom is -0.359 e. The molecule has 0 unspecified atom stereocenters. The number of rotatable bonds is 4. The molecule has 0 bridgehead atoms. The van der Waals surface area contributed by atoms with E-state index >= 15 is 0 Å². The summed E-state index contributed by atoms with van der Waals surface area (Å²) in [5, 5.41) is 5.92. The summed E-state index contributed by atoms with van der Waals surface area (Å²) in [5.41, 5.74) is 3.40. The predicted octanol–water partition coefficient (Wildman–Crippen LogP) is 6.90. The standard InChI is InChI=1S/C25H19Cl2N3O2S/c26-22-8-5-17(13-21(22)24-19-4-2-1-3-16(19)9-10-28-24)29-25(31)20-7-6-18(14-23(20)27)30-15-32-11-12-33-30/h1-10,13-14H,11-12,15H2,(H,29,31). The highest BCUT2D eigenvalue weighted by molar-refractivity contribution is 8.00. The van der Waals surface area contributed by atoms with Gasteiger partial charge in [-0.25, -0.2) is 0 Å². The third-order valence-corrected chi connectivity index (χ3v) is 6.94. The van der Waals surface area contributed by atoms with Crippen LogP contribution >= 0.6 is 35.1 Å². The van der Waals surface area contributed by atoms with E-state index in [1.54, 1.807) is 42.4 Å². The second-order valence-corrected chi connectivity index (χ2v) is 9.36. The number of hydrogen-bond donors (Lipinski definition) is 1. The maximum Gasteiger partial charge on any atom is 0.257 e. The number of aromatic nitrogens is 1. The topological polar surface area (TPSA) is 54.5 Å². The fraction of sp³-hybridized carbons (Fsp3) is 0.120. The fourth-order valence-corrected chi connectivity index (χ4v) is 4.99. The van der Waals surface area contributed by atoms with E-state index in [2.05, 4.69) is 10.3 Å². The number of carbonyl (C=O) groups is 1. The van der Waals surface area contributed by atoms with E-state index in [9.17, 15) is 4.79 Å². The second kappa shape index (κ2) is 9.61. The predicted molar refractivity (Wildman–Crippen MR) is 137 cm³/mol. The lowest BCUT2D eigenvalue weighted by Gasteiger charge is -2.27. The number of benzene rings is 3. The number of nitrogens with one attached hydrogen (secondary N) is 1. The summed E-state index contributed by atoms with van der Waals surface area (Å²) in [6.45, 7) is 1.22. The SMILES string of the molecule is O=C(Nc1ccc(Cl)c(-c2nccc3ccccc23)c1)c1ccc(N2COCCS2)cc1Cl. The Bertz CT molecular complexity index is 1340. The molecule has 1 aliphatic rings. The molecule has 0 atom stereocenters. The van der Waals surface area contributed by atoms with Gasteiger partial charge in [-0.3, -0.25) is 14.1 Å². The molecule has 1 aromatic heterocycles. The van der Waals surface area contributed by atoms with Crippen molar-refractivity contribution in [1.82, 2.24) is 4.98 Å². The van der Waals surface area contributed by atoms with Crippen LogP contribution in [0.25, 0.3) is 22.0 Å². The first-order chi connectivity index (χ1) is 16.1. The number of hydrogen-bond acceptors (Lipinski definition) is 5. The number of fused-ring (bicyclic) bond motifs is 1. The molecule has 1 N–H and O–H groups in total. The Balaban J connectivity index is 1.41. The lowest BCUT2D eigenvalue weighted by atomic mass is 10.0. The van der Waals surface area contributed by atoms with Gasteiger partial charge in [0.15, 0.2) is 0 Å². The van der Waals surface area contributed by atoms with Gasteiger partial charge in [0.1, 0.15) is 6.73 Å². The summed E-state index contributed by atoms with van der Waals surface area (Å²) in [6, 6.07) is 20.7. The molecular weight excluding hydrogens is 477 g/mol. The minimum absolute atomic E-state index is 0.298. The molecule has 8 heteroatoms. The molecule has 33 heavy (non-hydrogen) atoms. The van der Waals surface area contributed by atoms with Crippen LogP contribution in [0.3, 0.4) is 0 Å². The number of halogens is 2. The maximum absolute atomic E-state index is 13.0. The van der Waals surface area contributed by atoms with Crippen molar-refractivity contribution in [3.63, 3.8) is 0 Å². The number of pyridine rings is 1. The van der Waals surface area contributed by atoms with Crippen LogP contribution < -0.4 is 9.62 Å². The van der Waals surface area contributed by atoms with E-state index in [0.717, 1.165) is 40.1 Å². The minimum atomic E-state index is -0.298. The molecule has 2 heterocycles. The molecule has 5 nitrogen and oxygen atoms in total. The number of carbonyl (C=O) groups excluding carboxylic acids is 1. The Morgan fingerprint density at radius 1 is 1.03 bits per heavy atom. The summed E-state index contributed by atoms with van der Waals surface area (Å²) >= 11 is 14.6. The first-order valence-electron chi connectivity index (χ1n) is 10.3. The number of ether oxygens (including phenoxy) is 1. The monoisotopic (exact) mass is 495 g/mol. The van der Waals surface area contributed by atoms with Crippen molar-refractivity contribution in [3.05, 3.63) is 88.5 Å². The molecule has 1 saturated heterocycles. The third kappa shape index (κ3) is 4.66. The lowest BCUT2D eigenvalue weighted by Crippen LogP contribution is -2.25. The van der Waals surface area contributed by atoms with Crippen LogP contribution in [0.15, 0.2) is 72.9 Å². The van der Waals surface area contributed by atoms with Gasteiger partial charge in [0.25, 0.3) is 5.91 Å². The van der Waals surface area contributed by atoms with Crippen molar-refractivity contribution < 1.29 is 9.53 Å². The van der Waals surface area contributed by atoms with Crippen LogP contribution in [0.4, 0.5) is 11.4 Å². The molecule has 1 fully saturated rings. The zero-order valence-corrected chi connectivity index (χ0v) is 19.8. The Kier molecular flexibility index (Phi) is 6.42. The molecule has 0 spiro atoms. The molecule has 1 aliphatic heterocycles. The van der Waals surface area contributed by atoms with Crippen molar-refractivity contribution in [2.75, 3.05) is 28.7 Å². The Morgan fingerprint density at radius 2 is 1.91 bits per heavy atom. The van der Waals surface area contributed by atoms with E-state index in [1.165, 1.54) is 0 Å². The highest BCUT2D eigenvalue weighted by Crippen LogP contribution is 2.34. The van der Waals surface area contributed by atoms with Crippen LogP contribution in [0, 0.1) is 0 Å². The Labute approximate surface area is 205 Å². The maximum atomic E-state index is 13.0. The molecule has 0 aliphatic carbocycles. The number of anilines is 2. The quantitative estimate of drug-likeness (QED) is 0.312. The number of amides is 1. The zero-order valence-electron chi connectivity index (χ0n) is 17.4. The molecule has 1 amide bonds. The van der Waals surface area contributed by atoms with Crippen molar-refractivity contribution in [2.24, 2.45) is 0 Å². The van der Waals surface area contributed by atoms with Crippen LogP contribution in [0.2, 0.25) is 10.0 Å². The van der Waals surface area contributed by atoms with E-state index in [0.29, 0.717) is 28.0 Å². The van der Waals surface area contributed by atoms with E-state index < -0.39 is 0 Å². The van der Waals surface area contributed by atoms with Gasteiger partial charge in [-0.1, -0.05) is 47.5 Å². The summed E-state index contributed by atoms with van der Waals surface area (Å²) in [4.78, 5) is 17.5. The van der Waals surface area contributed by atoms with Gasteiger partial charge in [0, 0.05) is 28.6 Å². The largest absolute Gasteiger partial charge is 0.359 e. The van der Waals surface area contributed by atoms with E-state index in [4.69, 9.17) is 27.9 Å². The van der Waals surface area contributed by atoms with Crippen LogP contribution in [0.5, 0.6) is 0 Å². The average molecular weight is 496 g/mol. The molecule has 0 radical (unpaired) electrons. The van der Waals surface area contributed by atoms with Crippen LogP contribution in [0.1, 0.15) is 10.4 Å². The van der Waals surface area contributed by atoms with Gasteiger partial charge in [-0.2, -0.15) is 0 Å². The highest BCUT2D eigenvalue weighted by atomic mass is 35.5. The van der Waals surface area contributed by atoms with E-state index in [-0.39, 0.29) is 5.91 Å². The Hall–Kier alpha value is -2.77. The molecule has 0 saturated carbocycles. The average Bonchev–Trinajstić information content (AvgIpc) is 2.85. The first kappa shape index (κ1) is 22.0. The third-order valence-electron chi connectivity index (χ3n) is 5.32. The first-order valence-corrected chi connectivity index (χ1v) is 12.0. The Morgan fingerprint density at radius 3 is 2.73 bits per heavy atom. The van der Waals surface area contributed by atoms with Gasteiger partial charge < -0.3 is 10.1 Å². The van der Waals surface area contributed by atoms with Gasteiger partial charge in [-0.15, -0.1) is 0 Å². The summed E-state index contributed by atoms with van der Waals surface area (Å²) < 4.78 is 7.50. The highest BCUT2D eigenvalue weighted by Gasteiger charge is 2.17. The lowest BCUT2D eigenvalue weighted by molar-refractivity contribution is 0.102. The fourth-order valence-electron chi connectivity index (χ4n) is 3.70.